The molecule has 2 nitrogen and oxygen atoms in total. The molecule has 0 aliphatic rings. The van der Waals surface area contributed by atoms with E-state index in [-0.39, 0.29) is 6.42 Å². The van der Waals surface area contributed by atoms with Crippen molar-refractivity contribution in [1.82, 2.24) is 0 Å². The minimum Gasteiger partial charge on any atom is -0.481 e. The van der Waals surface area contributed by atoms with Gasteiger partial charge in [0.15, 0.2) is 0 Å². The van der Waals surface area contributed by atoms with Crippen LogP contribution in [0.25, 0.3) is 0 Å². The number of rotatable bonds is 5. The Bertz CT molecular complexity index is 180. The van der Waals surface area contributed by atoms with Crippen LogP contribution >= 0.6 is 0 Å². The molecule has 0 amide bonds. The van der Waals surface area contributed by atoms with E-state index in [0.29, 0.717) is 5.92 Å². The van der Waals surface area contributed by atoms with Crippen molar-refractivity contribution in [3.05, 3.63) is 43.4 Å². The fourth-order valence-corrected chi connectivity index (χ4v) is 0.565. The molecule has 2 heteroatoms. The molecule has 0 saturated carbocycles. The largest absolute Gasteiger partial charge is 0.481 e. The molecule has 0 aliphatic heterocycles. The van der Waals surface area contributed by atoms with Crippen LogP contribution in [0.15, 0.2) is 37.5 Å². The summed E-state index contributed by atoms with van der Waals surface area (Å²) in [6.45, 7) is 6.95. The Morgan fingerprint density at radius 3 is 2.45 bits per heavy atom. The van der Waals surface area contributed by atoms with Crippen LogP contribution in [-0.2, 0) is 4.79 Å². The molecule has 0 rings (SSSR count). The summed E-state index contributed by atoms with van der Waals surface area (Å²) in [6.07, 6.45) is 6.47. The predicted molar refractivity (Wildman–Crippen MR) is 45.0 cm³/mol. The third-order valence-electron chi connectivity index (χ3n) is 1.06. The van der Waals surface area contributed by atoms with Crippen LogP contribution in [0.4, 0.5) is 0 Å². The number of carboxylic acids is 1. The highest BCUT2D eigenvalue weighted by Crippen LogP contribution is 2.08. The lowest BCUT2D eigenvalue weighted by Crippen LogP contribution is -2.00. The van der Waals surface area contributed by atoms with Gasteiger partial charge in [0, 0.05) is 5.92 Å². The summed E-state index contributed by atoms with van der Waals surface area (Å²) >= 11 is 0. The first-order valence-electron chi connectivity index (χ1n) is 3.20. The van der Waals surface area contributed by atoms with Gasteiger partial charge in [0.1, 0.15) is 0 Å². The lowest BCUT2D eigenvalue weighted by atomic mass is 10.1. The van der Waals surface area contributed by atoms with Crippen molar-refractivity contribution < 1.29 is 9.90 Å². The quantitative estimate of drug-likeness (QED) is 0.610. The molecule has 0 spiro atoms. The van der Waals surface area contributed by atoms with Crippen LogP contribution in [-0.4, -0.2) is 11.1 Å². The van der Waals surface area contributed by atoms with Crippen LogP contribution in [0.1, 0.15) is 6.42 Å². The molecule has 0 unspecified atom stereocenters. The SMILES string of the molecule is C=CC=C[C](C=C)CC(=O)O. The monoisotopic (exact) mass is 151 g/mol. The number of allylic oxidation sites excluding steroid dienone is 4. The number of hydrogen-bond acceptors (Lipinski definition) is 1. The Labute approximate surface area is 66.5 Å². The minimum atomic E-state index is -0.853. The summed E-state index contributed by atoms with van der Waals surface area (Å²) in [5.41, 5.74) is 0. The molecule has 0 aliphatic carbocycles. The van der Waals surface area contributed by atoms with Crippen LogP contribution in [0.5, 0.6) is 0 Å². The van der Waals surface area contributed by atoms with Gasteiger partial charge in [-0.2, -0.15) is 0 Å². The van der Waals surface area contributed by atoms with E-state index in [1.54, 1.807) is 18.2 Å². The molecule has 11 heavy (non-hydrogen) atoms. The van der Waals surface area contributed by atoms with Gasteiger partial charge in [-0.1, -0.05) is 30.9 Å². The highest BCUT2D eigenvalue weighted by molar-refractivity contribution is 5.70. The van der Waals surface area contributed by atoms with Crippen molar-refractivity contribution in [3.8, 4) is 0 Å². The second-order valence-corrected chi connectivity index (χ2v) is 1.94. The van der Waals surface area contributed by atoms with Gasteiger partial charge in [0.2, 0.25) is 0 Å². The first-order valence-corrected chi connectivity index (χ1v) is 3.20. The zero-order valence-electron chi connectivity index (χ0n) is 6.29. The molecule has 0 aromatic heterocycles. The average Bonchev–Trinajstić information content (AvgIpc) is 1.97. The Balaban J connectivity index is 3.94. The number of hydrogen-bond donors (Lipinski definition) is 1. The highest BCUT2D eigenvalue weighted by atomic mass is 16.4. The third kappa shape index (κ3) is 5.15. The minimum absolute atomic E-state index is 0.00778. The molecular formula is C9H11O2. The summed E-state index contributed by atoms with van der Waals surface area (Å²) in [7, 11) is 0. The van der Waals surface area contributed by atoms with E-state index in [1.165, 1.54) is 6.08 Å². The van der Waals surface area contributed by atoms with E-state index >= 15 is 0 Å². The Morgan fingerprint density at radius 1 is 1.45 bits per heavy atom. The molecule has 59 valence electrons. The molecule has 0 heterocycles. The van der Waals surface area contributed by atoms with Gasteiger partial charge in [-0.15, -0.1) is 6.58 Å². The van der Waals surface area contributed by atoms with Crippen molar-refractivity contribution in [1.29, 1.82) is 0 Å². The van der Waals surface area contributed by atoms with E-state index in [4.69, 9.17) is 5.11 Å². The normalized spacial score (nSPS) is 10.3. The maximum Gasteiger partial charge on any atom is 0.304 e. The molecule has 0 aromatic carbocycles. The van der Waals surface area contributed by atoms with Crippen LogP contribution in [0.2, 0.25) is 0 Å². The molecule has 0 atom stereocenters. The van der Waals surface area contributed by atoms with Crippen molar-refractivity contribution >= 4 is 5.97 Å². The van der Waals surface area contributed by atoms with Crippen molar-refractivity contribution in [2.24, 2.45) is 0 Å². The summed E-state index contributed by atoms with van der Waals surface area (Å²) in [4.78, 5) is 10.2. The number of carbonyl (C=O) groups is 1. The van der Waals surface area contributed by atoms with Gasteiger partial charge >= 0.3 is 5.97 Å². The Kier molecular flexibility index (Phi) is 4.82. The molecule has 0 fully saturated rings. The van der Waals surface area contributed by atoms with Gasteiger partial charge in [0.25, 0.3) is 0 Å². The smallest absolute Gasteiger partial charge is 0.304 e. The number of carboxylic acid groups (broad SMARTS) is 1. The molecule has 0 saturated heterocycles. The van der Waals surface area contributed by atoms with Crippen LogP contribution in [0, 0.1) is 5.92 Å². The van der Waals surface area contributed by atoms with Gasteiger partial charge in [-0.3, -0.25) is 4.79 Å². The second kappa shape index (κ2) is 5.47. The lowest BCUT2D eigenvalue weighted by molar-refractivity contribution is -0.136. The van der Waals surface area contributed by atoms with Crippen molar-refractivity contribution in [2.75, 3.05) is 0 Å². The van der Waals surface area contributed by atoms with Crippen molar-refractivity contribution in [3.63, 3.8) is 0 Å². The maximum absolute atomic E-state index is 10.2. The fraction of sp³-hybridized carbons (Fsp3) is 0.111. The first-order chi connectivity index (χ1) is 5.20. The Morgan fingerprint density at radius 2 is 2.09 bits per heavy atom. The third-order valence-corrected chi connectivity index (χ3v) is 1.06. The zero-order chi connectivity index (χ0) is 8.69. The van der Waals surface area contributed by atoms with Crippen LogP contribution in [0.3, 0.4) is 0 Å². The average molecular weight is 151 g/mol. The Hall–Kier alpha value is -1.31. The predicted octanol–water partition coefficient (Wildman–Crippen LogP) is 1.96. The summed E-state index contributed by atoms with van der Waals surface area (Å²) in [5.74, 6) is -0.175. The lowest BCUT2D eigenvalue weighted by Gasteiger charge is -1.99. The summed E-state index contributed by atoms with van der Waals surface area (Å²) in [6, 6.07) is 0. The zero-order valence-corrected chi connectivity index (χ0v) is 6.29. The summed E-state index contributed by atoms with van der Waals surface area (Å²) in [5, 5.41) is 8.39. The molecule has 1 radical (unpaired) electrons. The standard InChI is InChI=1S/C9H11O2/c1-3-5-6-8(4-2)7-9(10)11/h3-6H,1-2,7H2,(H,10,11). The van der Waals surface area contributed by atoms with E-state index in [9.17, 15) is 4.79 Å². The van der Waals surface area contributed by atoms with Gasteiger partial charge < -0.3 is 5.11 Å². The first kappa shape index (κ1) is 9.69. The van der Waals surface area contributed by atoms with E-state index < -0.39 is 5.97 Å². The van der Waals surface area contributed by atoms with Gasteiger partial charge in [-0.25, -0.2) is 0 Å². The molecule has 1 N–H and O–H groups in total. The number of aliphatic carboxylic acids is 1. The fourth-order valence-electron chi connectivity index (χ4n) is 0.565. The van der Waals surface area contributed by atoms with E-state index in [0.717, 1.165) is 0 Å². The van der Waals surface area contributed by atoms with Gasteiger partial charge in [-0.05, 0) is 0 Å². The second-order valence-electron chi connectivity index (χ2n) is 1.94. The molecule has 0 aromatic rings. The van der Waals surface area contributed by atoms with Gasteiger partial charge in [0.05, 0.1) is 6.42 Å². The van der Waals surface area contributed by atoms with E-state index in [2.05, 4.69) is 13.2 Å². The molecule has 0 bridgehead atoms. The maximum atomic E-state index is 10.2. The van der Waals surface area contributed by atoms with Crippen LogP contribution < -0.4 is 0 Å². The topological polar surface area (TPSA) is 37.3 Å². The molecular weight excluding hydrogens is 140 g/mol. The van der Waals surface area contributed by atoms with E-state index in [1.807, 2.05) is 0 Å². The highest BCUT2D eigenvalue weighted by Gasteiger charge is 2.04. The summed E-state index contributed by atoms with van der Waals surface area (Å²) < 4.78 is 0. The van der Waals surface area contributed by atoms with Crippen molar-refractivity contribution in [2.45, 2.75) is 6.42 Å².